The van der Waals surface area contributed by atoms with Gasteiger partial charge in [-0.25, -0.2) is 0 Å². The number of anilines is 1. The molecule has 1 amide bonds. The molecular formula is C19H31ClN2O. The summed E-state index contributed by atoms with van der Waals surface area (Å²) in [5.74, 6) is 1.73. The smallest absolute Gasteiger partial charge is 0.224 e. The maximum Gasteiger partial charge on any atom is 0.224 e. The molecule has 0 bridgehead atoms. The first-order valence-corrected chi connectivity index (χ1v) is 8.61. The van der Waals surface area contributed by atoms with Crippen molar-refractivity contribution in [2.24, 2.45) is 5.92 Å². The summed E-state index contributed by atoms with van der Waals surface area (Å²) in [4.78, 5) is 12.2. The van der Waals surface area contributed by atoms with Crippen molar-refractivity contribution in [2.75, 3.05) is 18.4 Å². The molecular weight excluding hydrogens is 308 g/mol. The highest BCUT2D eigenvalue weighted by Gasteiger charge is 2.17. The molecule has 1 aromatic rings. The van der Waals surface area contributed by atoms with Gasteiger partial charge in [0, 0.05) is 12.1 Å². The van der Waals surface area contributed by atoms with Crippen LogP contribution in [0, 0.1) is 5.92 Å². The van der Waals surface area contributed by atoms with Crippen LogP contribution in [0.1, 0.15) is 69.9 Å². The molecule has 2 N–H and O–H groups in total. The fourth-order valence-corrected chi connectivity index (χ4v) is 3.04. The number of amides is 1. The molecule has 0 spiro atoms. The third-order valence-electron chi connectivity index (χ3n) is 4.58. The van der Waals surface area contributed by atoms with Gasteiger partial charge in [-0.05, 0) is 60.9 Å². The second kappa shape index (κ2) is 9.29. The van der Waals surface area contributed by atoms with E-state index in [2.05, 4.69) is 56.5 Å². The highest BCUT2D eigenvalue weighted by atomic mass is 35.5. The topological polar surface area (TPSA) is 41.1 Å². The van der Waals surface area contributed by atoms with Gasteiger partial charge < -0.3 is 10.6 Å². The van der Waals surface area contributed by atoms with Gasteiger partial charge in [-0.3, -0.25) is 4.79 Å². The predicted octanol–water partition coefficient (Wildman–Crippen LogP) is 4.68. The van der Waals surface area contributed by atoms with E-state index >= 15 is 0 Å². The molecule has 1 aliphatic rings. The summed E-state index contributed by atoms with van der Waals surface area (Å²) in [5.41, 5.74) is 3.55. The van der Waals surface area contributed by atoms with Gasteiger partial charge in [0.25, 0.3) is 0 Å². The molecule has 1 aliphatic heterocycles. The lowest BCUT2D eigenvalue weighted by Gasteiger charge is -2.17. The number of hydrogen-bond donors (Lipinski definition) is 2. The highest BCUT2D eigenvalue weighted by Crippen LogP contribution is 2.28. The summed E-state index contributed by atoms with van der Waals surface area (Å²) in [6.07, 6.45) is 2.81. The minimum Gasteiger partial charge on any atom is -0.326 e. The molecule has 4 heteroatoms. The number of rotatable bonds is 6. The van der Waals surface area contributed by atoms with Gasteiger partial charge in [0.2, 0.25) is 5.91 Å². The molecule has 0 radical (unpaired) electrons. The predicted molar refractivity (Wildman–Crippen MR) is 101 cm³/mol. The Hall–Kier alpha value is -1.06. The highest BCUT2D eigenvalue weighted by molar-refractivity contribution is 5.91. The van der Waals surface area contributed by atoms with Crippen LogP contribution < -0.4 is 10.6 Å². The van der Waals surface area contributed by atoms with E-state index in [9.17, 15) is 4.79 Å². The summed E-state index contributed by atoms with van der Waals surface area (Å²) < 4.78 is 0. The van der Waals surface area contributed by atoms with Crippen LogP contribution in [0.4, 0.5) is 5.69 Å². The van der Waals surface area contributed by atoms with Crippen molar-refractivity contribution in [1.82, 2.24) is 5.32 Å². The lowest BCUT2D eigenvalue weighted by molar-refractivity contribution is -0.116. The fraction of sp³-hybridized carbons (Fsp3) is 0.632. The number of hydrogen-bond acceptors (Lipinski definition) is 2. The first-order valence-electron chi connectivity index (χ1n) is 8.61. The SMILES string of the molecule is CC(C)c1ccc(NC(=O)CCC2CCNC2)c(C(C)C)c1.Cl. The minimum absolute atomic E-state index is 0. The molecule has 3 nitrogen and oxygen atoms in total. The standard InChI is InChI=1S/C19H30N2O.ClH/c1-13(2)16-6-7-18(17(11-16)14(3)4)21-19(22)8-5-15-9-10-20-12-15;/h6-7,11,13-15,20H,5,8-10,12H2,1-4H3,(H,21,22);1H. The summed E-state index contributed by atoms with van der Waals surface area (Å²) in [6.45, 7) is 10.9. The van der Waals surface area contributed by atoms with Crippen molar-refractivity contribution in [3.05, 3.63) is 29.3 Å². The molecule has 1 atom stereocenters. The van der Waals surface area contributed by atoms with Gasteiger partial charge >= 0.3 is 0 Å². The summed E-state index contributed by atoms with van der Waals surface area (Å²) in [5, 5.41) is 6.48. The van der Waals surface area contributed by atoms with Crippen molar-refractivity contribution >= 4 is 24.0 Å². The van der Waals surface area contributed by atoms with Crippen molar-refractivity contribution < 1.29 is 4.79 Å². The minimum atomic E-state index is 0. The van der Waals surface area contributed by atoms with E-state index in [0.29, 0.717) is 24.2 Å². The van der Waals surface area contributed by atoms with E-state index in [1.165, 1.54) is 17.5 Å². The number of carbonyl (C=O) groups is 1. The molecule has 1 aromatic carbocycles. The summed E-state index contributed by atoms with van der Waals surface area (Å²) in [6, 6.07) is 6.44. The number of halogens is 1. The Morgan fingerprint density at radius 1 is 1.26 bits per heavy atom. The van der Waals surface area contributed by atoms with Crippen LogP contribution in [0.25, 0.3) is 0 Å². The molecule has 1 fully saturated rings. The van der Waals surface area contributed by atoms with Crippen molar-refractivity contribution in [3.8, 4) is 0 Å². The van der Waals surface area contributed by atoms with Crippen LogP contribution in [0.5, 0.6) is 0 Å². The molecule has 0 saturated carbocycles. The largest absolute Gasteiger partial charge is 0.326 e. The summed E-state index contributed by atoms with van der Waals surface area (Å²) in [7, 11) is 0. The zero-order chi connectivity index (χ0) is 16.1. The van der Waals surface area contributed by atoms with Gasteiger partial charge in [0.15, 0.2) is 0 Å². The van der Waals surface area contributed by atoms with Crippen molar-refractivity contribution in [3.63, 3.8) is 0 Å². The second-order valence-electron chi connectivity index (χ2n) is 7.10. The summed E-state index contributed by atoms with van der Waals surface area (Å²) >= 11 is 0. The monoisotopic (exact) mass is 338 g/mol. The van der Waals surface area contributed by atoms with E-state index in [-0.39, 0.29) is 18.3 Å². The third kappa shape index (κ3) is 5.82. The van der Waals surface area contributed by atoms with Crippen LogP contribution in [0.3, 0.4) is 0 Å². The zero-order valence-corrected chi connectivity index (χ0v) is 15.6. The zero-order valence-electron chi connectivity index (χ0n) is 14.8. The fourth-order valence-electron chi connectivity index (χ4n) is 3.04. The van der Waals surface area contributed by atoms with Gasteiger partial charge in [0.05, 0.1) is 0 Å². The third-order valence-corrected chi connectivity index (χ3v) is 4.58. The van der Waals surface area contributed by atoms with Crippen LogP contribution in [-0.2, 0) is 4.79 Å². The maximum absolute atomic E-state index is 12.2. The van der Waals surface area contributed by atoms with Crippen molar-refractivity contribution in [2.45, 2.75) is 58.8 Å². The van der Waals surface area contributed by atoms with Crippen molar-refractivity contribution in [1.29, 1.82) is 0 Å². The normalized spacial score (nSPS) is 17.4. The van der Waals surface area contributed by atoms with Gasteiger partial charge in [-0.2, -0.15) is 0 Å². The van der Waals surface area contributed by atoms with E-state index in [1.54, 1.807) is 0 Å². The molecule has 130 valence electrons. The number of nitrogens with one attached hydrogen (secondary N) is 2. The quantitative estimate of drug-likeness (QED) is 0.790. The molecule has 1 heterocycles. The lowest BCUT2D eigenvalue weighted by Crippen LogP contribution is -2.16. The van der Waals surface area contributed by atoms with Gasteiger partial charge in [-0.1, -0.05) is 39.8 Å². The van der Waals surface area contributed by atoms with Gasteiger partial charge in [-0.15, -0.1) is 12.4 Å². The molecule has 2 rings (SSSR count). The first kappa shape index (κ1) is 20.0. The Labute approximate surface area is 147 Å². The van der Waals surface area contributed by atoms with E-state index in [1.807, 2.05) is 0 Å². The van der Waals surface area contributed by atoms with E-state index in [4.69, 9.17) is 0 Å². The first-order chi connectivity index (χ1) is 10.5. The van der Waals surface area contributed by atoms with Crippen LogP contribution >= 0.6 is 12.4 Å². The molecule has 0 aliphatic carbocycles. The molecule has 1 unspecified atom stereocenters. The van der Waals surface area contributed by atoms with E-state index < -0.39 is 0 Å². The van der Waals surface area contributed by atoms with Gasteiger partial charge in [0.1, 0.15) is 0 Å². The van der Waals surface area contributed by atoms with Crippen LogP contribution in [0.15, 0.2) is 18.2 Å². The average Bonchev–Trinajstić information content (AvgIpc) is 2.98. The average molecular weight is 339 g/mol. The number of benzene rings is 1. The Kier molecular flexibility index (Phi) is 8.07. The molecule has 1 saturated heterocycles. The second-order valence-corrected chi connectivity index (χ2v) is 7.10. The molecule has 0 aromatic heterocycles. The number of carbonyl (C=O) groups excluding carboxylic acids is 1. The Morgan fingerprint density at radius 3 is 2.57 bits per heavy atom. The van der Waals surface area contributed by atoms with E-state index in [0.717, 1.165) is 25.2 Å². The Balaban J connectivity index is 0.00000264. The molecule has 23 heavy (non-hydrogen) atoms. The van der Waals surface area contributed by atoms with Crippen LogP contribution in [0.2, 0.25) is 0 Å². The maximum atomic E-state index is 12.2. The van der Waals surface area contributed by atoms with Crippen LogP contribution in [-0.4, -0.2) is 19.0 Å². The Morgan fingerprint density at radius 2 is 2.00 bits per heavy atom. The lowest BCUT2D eigenvalue weighted by atomic mass is 9.94. The Bertz CT molecular complexity index is 508.